The van der Waals surface area contributed by atoms with Crippen LogP contribution >= 0.6 is 15.9 Å². The van der Waals surface area contributed by atoms with E-state index in [1.807, 2.05) is 42.6 Å². The summed E-state index contributed by atoms with van der Waals surface area (Å²) in [5.41, 5.74) is 2.78. The first-order chi connectivity index (χ1) is 15.0. The van der Waals surface area contributed by atoms with Crippen molar-refractivity contribution in [1.82, 2.24) is 9.29 Å². The first-order valence-electron chi connectivity index (χ1n) is 10.1. The lowest BCUT2D eigenvalue weighted by molar-refractivity contribution is 0.414. The van der Waals surface area contributed by atoms with E-state index in [1.165, 1.54) is 4.31 Å². The van der Waals surface area contributed by atoms with Crippen molar-refractivity contribution in [3.63, 3.8) is 0 Å². The van der Waals surface area contributed by atoms with Gasteiger partial charge in [0.25, 0.3) is 0 Å². The second-order valence-corrected chi connectivity index (χ2v) is 11.5. The van der Waals surface area contributed by atoms with Crippen molar-refractivity contribution in [1.29, 1.82) is 0 Å². The van der Waals surface area contributed by atoms with E-state index in [9.17, 15) is 8.42 Å². The number of hydrogen-bond acceptors (Lipinski definition) is 5. The van der Waals surface area contributed by atoms with Crippen molar-refractivity contribution in [3.05, 3.63) is 76.4 Å². The highest BCUT2D eigenvalue weighted by molar-refractivity contribution is 9.10. The van der Waals surface area contributed by atoms with Gasteiger partial charge >= 0.3 is 0 Å². The van der Waals surface area contributed by atoms with E-state index in [0.717, 1.165) is 22.6 Å². The molecule has 0 saturated carbocycles. The van der Waals surface area contributed by atoms with Crippen molar-refractivity contribution in [2.24, 2.45) is 0 Å². The van der Waals surface area contributed by atoms with Gasteiger partial charge in [-0.2, -0.15) is 4.31 Å². The number of halogens is 1. The normalized spacial score (nSPS) is 12.1. The van der Waals surface area contributed by atoms with Gasteiger partial charge in [0.05, 0.1) is 17.7 Å². The minimum atomic E-state index is -3.66. The summed E-state index contributed by atoms with van der Waals surface area (Å²) >= 11 is 3.49. The quantitative estimate of drug-likeness (QED) is 0.434. The van der Waals surface area contributed by atoms with Gasteiger partial charge in [0.15, 0.2) is 0 Å². The van der Waals surface area contributed by atoms with Crippen molar-refractivity contribution in [2.45, 2.75) is 37.6 Å². The zero-order chi connectivity index (χ0) is 23.5. The maximum atomic E-state index is 13.1. The zero-order valence-electron chi connectivity index (χ0n) is 18.9. The van der Waals surface area contributed by atoms with E-state index in [1.54, 1.807) is 32.4 Å². The SMILES string of the molecule is COc1ccc(CN(C)S(=O)(=O)c2ccc(Nc3ccc(C(C)(C)C)cn3)c(Br)c2)cc1. The number of nitrogens with zero attached hydrogens (tertiary/aromatic N) is 2. The van der Waals surface area contributed by atoms with Crippen LogP contribution in [0.4, 0.5) is 11.5 Å². The maximum absolute atomic E-state index is 13.1. The number of benzene rings is 2. The standard InChI is InChI=1S/C24H28BrN3O3S/c1-24(2,3)18-8-13-23(26-15-18)27-22-12-11-20(14-21(22)25)32(29,30)28(4)16-17-6-9-19(31-5)10-7-17/h6-15H,16H2,1-5H3,(H,26,27). The number of pyridine rings is 1. The largest absolute Gasteiger partial charge is 0.497 e. The van der Waals surface area contributed by atoms with E-state index in [4.69, 9.17) is 4.74 Å². The molecule has 1 heterocycles. The Morgan fingerprint density at radius 3 is 2.28 bits per heavy atom. The van der Waals surface area contributed by atoms with Crippen molar-refractivity contribution < 1.29 is 13.2 Å². The second kappa shape index (κ2) is 9.60. The third kappa shape index (κ3) is 5.68. The third-order valence-corrected chi connectivity index (χ3v) is 7.56. The Morgan fingerprint density at radius 2 is 1.75 bits per heavy atom. The molecule has 0 amide bonds. The van der Waals surface area contributed by atoms with Crippen LogP contribution in [-0.2, 0) is 22.0 Å². The number of aromatic nitrogens is 1. The molecule has 3 aromatic rings. The number of methoxy groups -OCH3 is 1. The van der Waals surface area contributed by atoms with Gasteiger partial charge in [-0.15, -0.1) is 0 Å². The third-order valence-electron chi connectivity index (χ3n) is 5.11. The van der Waals surface area contributed by atoms with Crippen LogP contribution in [0.1, 0.15) is 31.9 Å². The maximum Gasteiger partial charge on any atom is 0.243 e. The Morgan fingerprint density at radius 1 is 1.06 bits per heavy atom. The molecule has 32 heavy (non-hydrogen) atoms. The predicted octanol–water partition coefficient (Wildman–Crippen LogP) is 5.71. The summed E-state index contributed by atoms with van der Waals surface area (Å²) in [4.78, 5) is 4.68. The molecule has 6 nitrogen and oxygen atoms in total. The van der Waals surface area contributed by atoms with E-state index in [0.29, 0.717) is 10.3 Å². The number of sulfonamides is 1. The van der Waals surface area contributed by atoms with Gasteiger partial charge in [-0.1, -0.05) is 39.0 Å². The molecule has 0 fully saturated rings. The highest BCUT2D eigenvalue weighted by Crippen LogP contribution is 2.30. The molecule has 3 rings (SSSR count). The van der Waals surface area contributed by atoms with Crippen LogP contribution in [0.5, 0.6) is 5.75 Å². The van der Waals surface area contributed by atoms with E-state index in [2.05, 4.69) is 47.0 Å². The fourth-order valence-electron chi connectivity index (χ4n) is 3.06. The summed E-state index contributed by atoms with van der Waals surface area (Å²) in [5.74, 6) is 1.42. The van der Waals surface area contributed by atoms with E-state index >= 15 is 0 Å². The molecule has 0 aliphatic carbocycles. The molecule has 1 N–H and O–H groups in total. The van der Waals surface area contributed by atoms with Crippen LogP contribution in [0.2, 0.25) is 0 Å². The van der Waals surface area contributed by atoms with Crippen LogP contribution < -0.4 is 10.1 Å². The summed E-state index contributed by atoms with van der Waals surface area (Å²) < 4.78 is 33.2. The Kier molecular flexibility index (Phi) is 7.27. The topological polar surface area (TPSA) is 71.5 Å². The molecule has 0 radical (unpaired) electrons. The Balaban J connectivity index is 1.75. The number of anilines is 2. The van der Waals surface area contributed by atoms with Crippen molar-refractivity contribution in [2.75, 3.05) is 19.5 Å². The van der Waals surface area contributed by atoms with Gasteiger partial charge in [-0.05, 0) is 68.9 Å². The van der Waals surface area contributed by atoms with Gasteiger partial charge in [0, 0.05) is 24.3 Å². The molecule has 8 heteroatoms. The lowest BCUT2D eigenvalue weighted by atomic mass is 9.88. The van der Waals surface area contributed by atoms with Gasteiger partial charge in [-0.3, -0.25) is 0 Å². The molecule has 0 saturated heterocycles. The second-order valence-electron chi connectivity index (χ2n) is 8.56. The lowest BCUT2D eigenvalue weighted by Gasteiger charge is -2.19. The fraction of sp³-hybridized carbons (Fsp3) is 0.292. The first-order valence-corrected chi connectivity index (χ1v) is 12.4. The fourth-order valence-corrected chi connectivity index (χ4v) is 4.88. The molecule has 0 bridgehead atoms. The molecular formula is C24H28BrN3O3S. The molecule has 0 aliphatic rings. The highest BCUT2D eigenvalue weighted by atomic mass is 79.9. The average Bonchev–Trinajstić information content (AvgIpc) is 2.75. The van der Waals surface area contributed by atoms with Crippen LogP contribution in [0.3, 0.4) is 0 Å². The first kappa shape index (κ1) is 24.2. The van der Waals surface area contributed by atoms with Crippen molar-refractivity contribution >= 4 is 37.5 Å². The van der Waals surface area contributed by atoms with Gasteiger partial charge in [0.1, 0.15) is 11.6 Å². The van der Waals surface area contributed by atoms with Gasteiger partial charge in [-0.25, -0.2) is 13.4 Å². The Labute approximate surface area is 198 Å². The summed E-state index contributed by atoms with van der Waals surface area (Å²) in [6.07, 6.45) is 1.85. The molecule has 0 atom stereocenters. The van der Waals surface area contributed by atoms with Gasteiger partial charge < -0.3 is 10.1 Å². The number of nitrogens with one attached hydrogen (secondary N) is 1. The van der Waals surface area contributed by atoms with Crippen LogP contribution in [0.25, 0.3) is 0 Å². The lowest BCUT2D eigenvalue weighted by Crippen LogP contribution is -2.26. The predicted molar refractivity (Wildman–Crippen MR) is 132 cm³/mol. The molecule has 170 valence electrons. The van der Waals surface area contributed by atoms with Gasteiger partial charge in [0.2, 0.25) is 10.0 Å². The van der Waals surface area contributed by atoms with Crippen molar-refractivity contribution in [3.8, 4) is 5.75 Å². The Bertz CT molecular complexity index is 1170. The number of hydrogen-bond donors (Lipinski definition) is 1. The molecule has 0 unspecified atom stereocenters. The Hall–Kier alpha value is -2.42. The molecular weight excluding hydrogens is 490 g/mol. The minimum Gasteiger partial charge on any atom is -0.497 e. The zero-order valence-corrected chi connectivity index (χ0v) is 21.3. The summed E-state index contributed by atoms with van der Waals surface area (Å²) in [5, 5.41) is 3.23. The summed E-state index contributed by atoms with van der Waals surface area (Å²) in [6.45, 7) is 6.67. The van der Waals surface area contributed by atoms with E-state index in [-0.39, 0.29) is 16.9 Å². The molecule has 1 aromatic heterocycles. The number of ether oxygens (including phenoxy) is 1. The van der Waals surface area contributed by atoms with Crippen LogP contribution in [0, 0.1) is 0 Å². The van der Waals surface area contributed by atoms with Crippen LogP contribution in [0.15, 0.2) is 70.2 Å². The minimum absolute atomic E-state index is 0.0277. The average molecular weight is 518 g/mol. The van der Waals surface area contributed by atoms with Crippen LogP contribution in [-0.4, -0.2) is 31.9 Å². The smallest absolute Gasteiger partial charge is 0.243 e. The highest BCUT2D eigenvalue weighted by Gasteiger charge is 2.22. The number of rotatable bonds is 7. The molecule has 0 aliphatic heterocycles. The monoisotopic (exact) mass is 517 g/mol. The summed E-state index contributed by atoms with van der Waals surface area (Å²) in [7, 11) is -0.492. The summed E-state index contributed by atoms with van der Waals surface area (Å²) in [6, 6.07) is 16.2. The molecule has 2 aromatic carbocycles. The molecule has 0 spiro atoms. The van der Waals surface area contributed by atoms with E-state index < -0.39 is 10.0 Å².